The predicted molar refractivity (Wildman–Crippen MR) is 126 cm³/mol. The number of carbonyl (C=O) groups is 1. The maximum absolute atomic E-state index is 12.7. The van der Waals surface area contributed by atoms with Crippen molar-refractivity contribution in [2.75, 3.05) is 10.6 Å². The predicted octanol–water partition coefficient (Wildman–Crippen LogP) is 7.30. The monoisotopic (exact) mass is 388 g/mol. The van der Waals surface area contributed by atoms with E-state index in [1.807, 2.05) is 66.7 Å². The highest BCUT2D eigenvalue weighted by Crippen LogP contribution is 2.39. The van der Waals surface area contributed by atoms with E-state index in [0.717, 1.165) is 38.7 Å². The normalized spacial score (nSPS) is 10.8. The van der Waals surface area contributed by atoms with Crippen LogP contribution in [0.3, 0.4) is 0 Å². The van der Waals surface area contributed by atoms with Gasteiger partial charge in [-0.2, -0.15) is 0 Å². The summed E-state index contributed by atoms with van der Waals surface area (Å²) in [5.74, 6) is 0. The molecule has 0 fully saturated rings. The average Bonchev–Trinajstić information content (AvgIpc) is 2.79. The topological polar surface area (TPSA) is 41.1 Å². The second-order valence-electron chi connectivity index (χ2n) is 7.18. The number of hydrogen-bond acceptors (Lipinski definition) is 1. The molecule has 0 aliphatic carbocycles. The Morgan fingerprint density at radius 3 is 1.97 bits per heavy atom. The van der Waals surface area contributed by atoms with Gasteiger partial charge in [-0.25, -0.2) is 4.79 Å². The second kappa shape index (κ2) is 7.72. The van der Waals surface area contributed by atoms with Gasteiger partial charge >= 0.3 is 6.03 Å². The lowest BCUT2D eigenvalue weighted by Crippen LogP contribution is -2.19. The quantitative estimate of drug-likeness (QED) is 0.334. The molecule has 0 saturated heterocycles. The van der Waals surface area contributed by atoms with Crippen LogP contribution in [0.4, 0.5) is 16.2 Å². The third-order valence-corrected chi connectivity index (χ3v) is 5.27. The maximum atomic E-state index is 12.7. The summed E-state index contributed by atoms with van der Waals surface area (Å²) in [6.45, 7) is 0. The van der Waals surface area contributed by atoms with Gasteiger partial charge in [-0.3, -0.25) is 0 Å². The minimum atomic E-state index is -0.266. The molecular formula is C27H20N2O. The molecule has 5 aromatic carbocycles. The van der Waals surface area contributed by atoms with E-state index in [-0.39, 0.29) is 6.03 Å². The van der Waals surface area contributed by atoms with Gasteiger partial charge in [0.1, 0.15) is 0 Å². The lowest BCUT2D eigenvalue weighted by atomic mass is 9.92. The van der Waals surface area contributed by atoms with Gasteiger partial charge in [0.15, 0.2) is 0 Å². The third kappa shape index (κ3) is 3.38. The zero-order valence-electron chi connectivity index (χ0n) is 16.3. The SMILES string of the molecule is O=C(Nc1ccccc1)Nc1ccc2ccccc2c1-c1cccc2ccccc12. The largest absolute Gasteiger partial charge is 0.323 e. The smallest absolute Gasteiger partial charge is 0.308 e. The first-order valence-corrected chi connectivity index (χ1v) is 9.92. The van der Waals surface area contributed by atoms with Gasteiger partial charge in [0.25, 0.3) is 0 Å². The van der Waals surface area contributed by atoms with E-state index in [4.69, 9.17) is 0 Å². The minimum Gasteiger partial charge on any atom is -0.308 e. The first kappa shape index (κ1) is 18.0. The van der Waals surface area contributed by atoms with Gasteiger partial charge in [0.05, 0.1) is 5.69 Å². The third-order valence-electron chi connectivity index (χ3n) is 5.27. The van der Waals surface area contributed by atoms with Crippen molar-refractivity contribution in [1.29, 1.82) is 0 Å². The zero-order valence-corrected chi connectivity index (χ0v) is 16.3. The van der Waals surface area contributed by atoms with Crippen molar-refractivity contribution in [2.45, 2.75) is 0 Å². The number of anilines is 2. The summed E-state index contributed by atoms with van der Waals surface area (Å²) < 4.78 is 0. The van der Waals surface area contributed by atoms with Crippen molar-refractivity contribution in [2.24, 2.45) is 0 Å². The molecular weight excluding hydrogens is 368 g/mol. The summed E-state index contributed by atoms with van der Waals surface area (Å²) in [5, 5.41) is 10.5. The molecule has 0 aliphatic rings. The fourth-order valence-corrected chi connectivity index (χ4v) is 3.92. The number of hydrogen-bond donors (Lipinski definition) is 2. The highest BCUT2D eigenvalue weighted by atomic mass is 16.2. The van der Waals surface area contributed by atoms with Crippen LogP contribution in [0.25, 0.3) is 32.7 Å². The molecule has 3 nitrogen and oxygen atoms in total. The number of amides is 2. The Kier molecular flexibility index (Phi) is 4.62. The molecule has 0 saturated carbocycles. The van der Waals surface area contributed by atoms with Gasteiger partial charge in [0.2, 0.25) is 0 Å². The molecule has 0 spiro atoms. The van der Waals surface area contributed by atoms with Crippen LogP contribution < -0.4 is 10.6 Å². The molecule has 5 rings (SSSR count). The summed E-state index contributed by atoms with van der Waals surface area (Å²) in [6.07, 6.45) is 0. The maximum Gasteiger partial charge on any atom is 0.323 e. The van der Waals surface area contributed by atoms with Crippen LogP contribution >= 0.6 is 0 Å². The highest BCUT2D eigenvalue weighted by molar-refractivity contribution is 6.13. The van der Waals surface area contributed by atoms with E-state index in [2.05, 4.69) is 53.1 Å². The number of rotatable bonds is 3. The number of nitrogens with one attached hydrogen (secondary N) is 2. The van der Waals surface area contributed by atoms with Gasteiger partial charge in [0, 0.05) is 11.3 Å². The van der Waals surface area contributed by atoms with Crippen LogP contribution in [-0.2, 0) is 0 Å². The summed E-state index contributed by atoms with van der Waals surface area (Å²) in [6, 6.07) is 36.1. The van der Waals surface area contributed by atoms with Gasteiger partial charge in [-0.05, 0) is 45.3 Å². The first-order valence-electron chi connectivity index (χ1n) is 9.92. The molecule has 30 heavy (non-hydrogen) atoms. The Bertz CT molecular complexity index is 1350. The number of benzene rings is 5. The van der Waals surface area contributed by atoms with E-state index in [9.17, 15) is 4.79 Å². The molecule has 144 valence electrons. The molecule has 0 unspecified atom stereocenters. The first-order chi connectivity index (χ1) is 14.8. The van der Waals surface area contributed by atoms with E-state index < -0.39 is 0 Å². The molecule has 0 bridgehead atoms. The summed E-state index contributed by atoms with van der Waals surface area (Å²) in [4.78, 5) is 12.7. The zero-order chi connectivity index (χ0) is 20.3. The van der Waals surface area contributed by atoms with Crippen LogP contribution in [0, 0.1) is 0 Å². The molecule has 0 heterocycles. The van der Waals surface area contributed by atoms with Crippen molar-refractivity contribution in [1.82, 2.24) is 0 Å². The van der Waals surface area contributed by atoms with Crippen molar-refractivity contribution in [3.63, 3.8) is 0 Å². The number of carbonyl (C=O) groups excluding carboxylic acids is 1. The van der Waals surface area contributed by atoms with Crippen LogP contribution in [-0.4, -0.2) is 6.03 Å². The standard InChI is InChI=1S/C27H20N2O/c30-27(28-21-12-2-1-3-13-21)29-25-18-17-20-10-5-7-15-23(20)26(25)24-16-8-11-19-9-4-6-14-22(19)24/h1-18H,(H2,28,29,30). The molecule has 2 amide bonds. The highest BCUT2D eigenvalue weighted by Gasteiger charge is 2.14. The van der Waals surface area contributed by atoms with E-state index in [1.165, 1.54) is 5.39 Å². The lowest BCUT2D eigenvalue weighted by molar-refractivity contribution is 0.262. The molecule has 0 atom stereocenters. The van der Waals surface area contributed by atoms with Gasteiger partial charge < -0.3 is 10.6 Å². The van der Waals surface area contributed by atoms with Crippen LogP contribution in [0.15, 0.2) is 109 Å². The summed E-state index contributed by atoms with van der Waals surface area (Å²) >= 11 is 0. The fourth-order valence-electron chi connectivity index (χ4n) is 3.92. The number of para-hydroxylation sites is 1. The Hall–Kier alpha value is -4.11. The van der Waals surface area contributed by atoms with E-state index in [1.54, 1.807) is 0 Å². The van der Waals surface area contributed by atoms with Crippen LogP contribution in [0.5, 0.6) is 0 Å². The minimum absolute atomic E-state index is 0.266. The Balaban J connectivity index is 1.65. The number of fused-ring (bicyclic) bond motifs is 2. The summed E-state index contributed by atoms with van der Waals surface area (Å²) in [5.41, 5.74) is 3.65. The van der Waals surface area contributed by atoms with Crippen molar-refractivity contribution in [3.05, 3.63) is 109 Å². The Morgan fingerprint density at radius 2 is 1.17 bits per heavy atom. The van der Waals surface area contributed by atoms with Crippen LogP contribution in [0.1, 0.15) is 0 Å². The number of urea groups is 1. The van der Waals surface area contributed by atoms with Gasteiger partial charge in [-0.15, -0.1) is 0 Å². The molecule has 3 heteroatoms. The molecule has 0 radical (unpaired) electrons. The summed E-state index contributed by atoms with van der Waals surface area (Å²) in [7, 11) is 0. The van der Waals surface area contributed by atoms with E-state index in [0.29, 0.717) is 0 Å². The van der Waals surface area contributed by atoms with E-state index >= 15 is 0 Å². The van der Waals surface area contributed by atoms with Crippen LogP contribution in [0.2, 0.25) is 0 Å². The molecule has 2 N–H and O–H groups in total. The van der Waals surface area contributed by atoms with Crippen molar-refractivity contribution in [3.8, 4) is 11.1 Å². The molecule has 0 aliphatic heterocycles. The second-order valence-corrected chi connectivity index (χ2v) is 7.18. The Labute approximate surface area is 175 Å². The molecule has 0 aromatic heterocycles. The van der Waals surface area contributed by atoms with Crippen molar-refractivity contribution >= 4 is 39.0 Å². The fraction of sp³-hybridized carbons (Fsp3) is 0. The lowest BCUT2D eigenvalue weighted by Gasteiger charge is -2.17. The Morgan fingerprint density at radius 1 is 0.533 bits per heavy atom. The van der Waals surface area contributed by atoms with Gasteiger partial charge in [-0.1, -0.05) is 91.0 Å². The molecule has 5 aromatic rings. The average molecular weight is 388 g/mol. The van der Waals surface area contributed by atoms with Crippen molar-refractivity contribution < 1.29 is 4.79 Å².